The van der Waals surface area contributed by atoms with Crippen LogP contribution in [0.3, 0.4) is 0 Å². The van der Waals surface area contributed by atoms with Crippen molar-refractivity contribution >= 4 is 10.0 Å². The summed E-state index contributed by atoms with van der Waals surface area (Å²) in [4.78, 5) is 0. The maximum absolute atomic E-state index is 11.5. The van der Waals surface area contributed by atoms with Gasteiger partial charge in [-0.2, -0.15) is 0 Å². The molecule has 1 aromatic rings. The van der Waals surface area contributed by atoms with Gasteiger partial charge >= 0.3 is 0 Å². The summed E-state index contributed by atoms with van der Waals surface area (Å²) < 4.78 is 30.1. The third kappa shape index (κ3) is 3.14. The summed E-state index contributed by atoms with van der Waals surface area (Å²) in [6.07, 6.45) is 2.86. The summed E-state index contributed by atoms with van der Waals surface area (Å²) in [5.74, 6) is 0.928. The SMILES string of the molecule is CS(=O)(=O)N1CCC(NC2COc3cc(O)ccc32)CC1. The molecule has 0 bridgehead atoms. The number of piperidine rings is 1. The predicted octanol–water partition coefficient (Wildman–Crippen LogP) is 0.839. The average Bonchev–Trinajstić information content (AvgIpc) is 2.80. The fourth-order valence-corrected chi connectivity index (χ4v) is 3.85. The van der Waals surface area contributed by atoms with Crippen molar-refractivity contribution in [2.24, 2.45) is 0 Å². The van der Waals surface area contributed by atoms with E-state index in [0.29, 0.717) is 19.7 Å². The first-order valence-electron chi connectivity index (χ1n) is 7.10. The topological polar surface area (TPSA) is 78.9 Å². The highest BCUT2D eigenvalue weighted by Gasteiger charge is 2.30. The third-order valence-corrected chi connectivity index (χ3v) is 5.44. The zero-order valence-electron chi connectivity index (χ0n) is 11.9. The summed E-state index contributed by atoms with van der Waals surface area (Å²) in [6, 6.07) is 5.56. The van der Waals surface area contributed by atoms with Gasteiger partial charge in [-0.25, -0.2) is 12.7 Å². The van der Waals surface area contributed by atoms with Gasteiger partial charge in [0, 0.05) is 30.8 Å². The quantitative estimate of drug-likeness (QED) is 0.865. The van der Waals surface area contributed by atoms with Gasteiger partial charge in [0.1, 0.15) is 18.1 Å². The normalized spacial score (nSPS) is 23.8. The van der Waals surface area contributed by atoms with Gasteiger partial charge in [0.05, 0.1) is 12.3 Å². The van der Waals surface area contributed by atoms with Crippen LogP contribution in [0.1, 0.15) is 24.4 Å². The molecule has 21 heavy (non-hydrogen) atoms. The predicted molar refractivity (Wildman–Crippen MR) is 78.9 cm³/mol. The van der Waals surface area contributed by atoms with E-state index in [1.807, 2.05) is 6.07 Å². The average molecular weight is 312 g/mol. The van der Waals surface area contributed by atoms with E-state index in [4.69, 9.17) is 4.74 Å². The van der Waals surface area contributed by atoms with E-state index in [1.165, 1.54) is 10.6 Å². The Labute approximate surface area is 124 Å². The van der Waals surface area contributed by atoms with Crippen LogP contribution < -0.4 is 10.1 Å². The Bertz CT molecular complexity index is 624. The number of aromatic hydroxyl groups is 1. The number of nitrogens with one attached hydrogen (secondary N) is 1. The molecule has 2 aliphatic rings. The molecule has 0 radical (unpaired) electrons. The van der Waals surface area contributed by atoms with E-state index in [0.717, 1.165) is 24.2 Å². The first-order valence-corrected chi connectivity index (χ1v) is 8.95. The van der Waals surface area contributed by atoms with Crippen LogP contribution in [0.4, 0.5) is 0 Å². The zero-order valence-corrected chi connectivity index (χ0v) is 12.8. The fourth-order valence-electron chi connectivity index (χ4n) is 2.98. The van der Waals surface area contributed by atoms with Gasteiger partial charge in [0.2, 0.25) is 10.0 Å². The molecule has 2 N–H and O–H groups in total. The molecule has 1 aromatic carbocycles. The lowest BCUT2D eigenvalue weighted by Crippen LogP contribution is -2.45. The minimum Gasteiger partial charge on any atom is -0.508 e. The fraction of sp³-hybridized carbons (Fsp3) is 0.571. The Kier molecular flexibility index (Phi) is 3.81. The molecular formula is C14H20N2O4S. The second-order valence-corrected chi connectivity index (χ2v) is 7.67. The number of benzene rings is 1. The van der Waals surface area contributed by atoms with Crippen LogP contribution >= 0.6 is 0 Å². The summed E-state index contributed by atoms with van der Waals surface area (Å²) in [7, 11) is -3.08. The third-order valence-electron chi connectivity index (χ3n) is 4.14. The molecule has 1 unspecified atom stereocenters. The van der Waals surface area contributed by atoms with E-state index in [1.54, 1.807) is 12.1 Å². The zero-order chi connectivity index (χ0) is 15.0. The molecule has 0 aliphatic carbocycles. The highest BCUT2D eigenvalue weighted by molar-refractivity contribution is 7.88. The molecule has 0 aromatic heterocycles. The molecule has 2 heterocycles. The minimum absolute atomic E-state index is 0.107. The number of phenolic OH excluding ortho intramolecular Hbond substituents is 1. The number of ether oxygens (including phenoxy) is 1. The highest BCUT2D eigenvalue weighted by Crippen LogP contribution is 2.35. The second kappa shape index (κ2) is 5.47. The van der Waals surface area contributed by atoms with Crippen LogP contribution in [-0.2, 0) is 10.0 Å². The highest BCUT2D eigenvalue weighted by atomic mass is 32.2. The Morgan fingerprint density at radius 2 is 2.05 bits per heavy atom. The van der Waals surface area contributed by atoms with Crippen molar-refractivity contribution in [3.63, 3.8) is 0 Å². The lowest BCUT2D eigenvalue weighted by molar-refractivity contribution is 0.249. The molecule has 3 rings (SSSR count). The largest absolute Gasteiger partial charge is 0.508 e. The molecule has 0 amide bonds. The van der Waals surface area contributed by atoms with Gasteiger partial charge in [0.15, 0.2) is 0 Å². The summed E-state index contributed by atoms with van der Waals surface area (Å²) in [6.45, 7) is 1.67. The van der Waals surface area contributed by atoms with Gasteiger partial charge in [0.25, 0.3) is 0 Å². The molecular weight excluding hydrogens is 292 g/mol. The first-order chi connectivity index (χ1) is 9.93. The number of hydrogen-bond acceptors (Lipinski definition) is 5. The first kappa shape index (κ1) is 14.6. The molecule has 2 aliphatic heterocycles. The van der Waals surface area contributed by atoms with Crippen LogP contribution in [0.2, 0.25) is 0 Å². The molecule has 0 saturated carbocycles. The van der Waals surface area contributed by atoms with Crippen molar-refractivity contribution in [3.8, 4) is 11.5 Å². The molecule has 7 heteroatoms. The Hall–Kier alpha value is -1.31. The van der Waals surface area contributed by atoms with Gasteiger partial charge in [-0.3, -0.25) is 0 Å². The van der Waals surface area contributed by atoms with Gasteiger partial charge in [-0.05, 0) is 25.0 Å². The second-order valence-electron chi connectivity index (χ2n) is 5.69. The Balaban J connectivity index is 1.60. The van der Waals surface area contributed by atoms with Crippen molar-refractivity contribution in [2.75, 3.05) is 26.0 Å². The van der Waals surface area contributed by atoms with Gasteiger partial charge in [-0.15, -0.1) is 0 Å². The molecule has 1 saturated heterocycles. The van der Waals surface area contributed by atoms with E-state index < -0.39 is 10.0 Å². The molecule has 116 valence electrons. The molecule has 1 fully saturated rings. The van der Waals surface area contributed by atoms with Crippen LogP contribution in [0.5, 0.6) is 11.5 Å². The van der Waals surface area contributed by atoms with E-state index in [2.05, 4.69) is 5.32 Å². The van der Waals surface area contributed by atoms with Crippen molar-refractivity contribution < 1.29 is 18.3 Å². The van der Waals surface area contributed by atoms with Crippen molar-refractivity contribution in [1.29, 1.82) is 0 Å². The van der Waals surface area contributed by atoms with Crippen LogP contribution in [0, 0.1) is 0 Å². The Morgan fingerprint density at radius 1 is 1.33 bits per heavy atom. The van der Waals surface area contributed by atoms with Crippen LogP contribution in [-0.4, -0.2) is 49.8 Å². The van der Waals surface area contributed by atoms with Crippen LogP contribution in [0.25, 0.3) is 0 Å². The van der Waals surface area contributed by atoms with Crippen LogP contribution in [0.15, 0.2) is 18.2 Å². The van der Waals surface area contributed by atoms with E-state index in [9.17, 15) is 13.5 Å². The minimum atomic E-state index is -3.08. The maximum atomic E-state index is 11.5. The number of nitrogens with zero attached hydrogens (tertiary/aromatic N) is 1. The lowest BCUT2D eigenvalue weighted by Gasteiger charge is -2.32. The summed E-state index contributed by atoms with van der Waals surface area (Å²) in [5, 5.41) is 13.0. The van der Waals surface area contributed by atoms with E-state index >= 15 is 0 Å². The number of fused-ring (bicyclic) bond motifs is 1. The number of sulfonamides is 1. The standard InChI is InChI=1S/C14H20N2O4S/c1-21(18,19)16-6-4-10(5-7-16)15-13-9-20-14-8-11(17)2-3-12(13)14/h2-3,8,10,13,15,17H,4-7,9H2,1H3. The van der Waals surface area contributed by atoms with Crippen molar-refractivity contribution in [3.05, 3.63) is 23.8 Å². The smallest absolute Gasteiger partial charge is 0.211 e. The van der Waals surface area contributed by atoms with Crippen molar-refractivity contribution in [1.82, 2.24) is 9.62 Å². The number of phenols is 1. The molecule has 6 nitrogen and oxygen atoms in total. The van der Waals surface area contributed by atoms with Gasteiger partial charge < -0.3 is 15.2 Å². The lowest BCUT2D eigenvalue weighted by atomic mass is 10.0. The Morgan fingerprint density at radius 3 is 2.71 bits per heavy atom. The number of rotatable bonds is 3. The maximum Gasteiger partial charge on any atom is 0.211 e. The number of hydrogen-bond donors (Lipinski definition) is 2. The van der Waals surface area contributed by atoms with Crippen molar-refractivity contribution in [2.45, 2.75) is 24.9 Å². The molecule has 1 atom stereocenters. The van der Waals surface area contributed by atoms with E-state index in [-0.39, 0.29) is 17.8 Å². The van der Waals surface area contributed by atoms with Gasteiger partial charge in [-0.1, -0.05) is 0 Å². The monoisotopic (exact) mass is 312 g/mol. The summed E-state index contributed by atoms with van der Waals surface area (Å²) >= 11 is 0. The summed E-state index contributed by atoms with van der Waals surface area (Å²) in [5.41, 5.74) is 1.05. The molecule has 0 spiro atoms.